The van der Waals surface area contributed by atoms with E-state index in [1.54, 1.807) is 18.0 Å². The van der Waals surface area contributed by atoms with Crippen molar-refractivity contribution in [2.75, 3.05) is 6.61 Å². The number of carbonyl (C=O) groups is 1. The highest BCUT2D eigenvalue weighted by atomic mass is 32.2. The normalized spacial score (nSPS) is 19.0. The number of hydrogen-bond acceptors (Lipinski definition) is 6. The maximum Gasteiger partial charge on any atom is 0.324 e. The number of pyridine rings is 1. The van der Waals surface area contributed by atoms with Gasteiger partial charge in [-0.25, -0.2) is 4.98 Å². The van der Waals surface area contributed by atoms with Crippen molar-refractivity contribution in [2.45, 2.75) is 44.0 Å². The van der Waals surface area contributed by atoms with Crippen LogP contribution in [-0.2, 0) is 20.8 Å². The van der Waals surface area contributed by atoms with Gasteiger partial charge in [0.15, 0.2) is 0 Å². The Kier molecular flexibility index (Phi) is 7.75. The first kappa shape index (κ1) is 22.9. The lowest BCUT2D eigenvalue weighted by atomic mass is 10.1. The highest BCUT2D eigenvalue weighted by molar-refractivity contribution is 7.99. The zero-order valence-corrected chi connectivity index (χ0v) is 19.2. The summed E-state index contributed by atoms with van der Waals surface area (Å²) in [5.74, 6) is 2.73. The lowest BCUT2D eigenvalue weighted by Crippen LogP contribution is -2.07. The predicted molar refractivity (Wildman–Crippen MR) is 122 cm³/mol. The Labute approximate surface area is 188 Å². The number of esters is 1. The summed E-state index contributed by atoms with van der Waals surface area (Å²) in [4.78, 5) is 23.4. The van der Waals surface area contributed by atoms with Crippen molar-refractivity contribution in [3.8, 4) is 12.0 Å². The van der Waals surface area contributed by atoms with Crippen LogP contribution in [0.5, 0.6) is 0 Å². The second-order valence-electron chi connectivity index (χ2n) is 8.53. The van der Waals surface area contributed by atoms with E-state index in [1.165, 1.54) is 0 Å². The molecular weight excluding hydrogens is 408 g/mol. The molecule has 2 atom stereocenters. The molecule has 1 aromatic heterocycles. The second kappa shape index (κ2) is 10.5. The number of hydrogen-bond donors (Lipinski definition) is 0. The van der Waals surface area contributed by atoms with Gasteiger partial charge in [0.05, 0.1) is 18.0 Å². The molecule has 2 aromatic rings. The average molecular weight is 437 g/mol. The topological polar surface area (TPSA) is 60.8 Å². The molecule has 1 aliphatic carbocycles. The Bertz CT molecular complexity index is 977. The molecule has 0 bridgehead atoms. The van der Waals surface area contributed by atoms with Crippen LogP contribution < -0.4 is 0 Å². The van der Waals surface area contributed by atoms with Gasteiger partial charge in [-0.2, -0.15) is 0 Å². The van der Waals surface area contributed by atoms with E-state index < -0.39 is 0 Å². The molecule has 3 rings (SSSR count). The molecule has 0 radical (unpaired) electrons. The number of nitrogens with zero attached hydrogens (tertiary/aromatic N) is 2. The maximum absolute atomic E-state index is 12.4. The minimum atomic E-state index is -0.320. The molecule has 6 heteroatoms. The van der Waals surface area contributed by atoms with Gasteiger partial charge in [0.2, 0.25) is 0 Å². The van der Waals surface area contributed by atoms with Crippen LogP contribution in [0.4, 0.5) is 0 Å². The third-order valence-corrected chi connectivity index (χ3v) is 6.05. The summed E-state index contributed by atoms with van der Waals surface area (Å²) in [6.45, 7) is 8.71. The molecule has 0 aliphatic heterocycles. The van der Waals surface area contributed by atoms with Crippen molar-refractivity contribution < 1.29 is 14.4 Å². The lowest BCUT2D eigenvalue weighted by Gasteiger charge is -2.02. The van der Waals surface area contributed by atoms with Gasteiger partial charge in [-0.3, -0.25) is 4.79 Å². The van der Waals surface area contributed by atoms with Crippen LogP contribution in [0.15, 0.2) is 63.6 Å². The fourth-order valence-corrected chi connectivity index (χ4v) is 4.05. The molecule has 1 aromatic carbocycles. The molecule has 0 N–H and O–H groups in total. The van der Waals surface area contributed by atoms with Crippen LogP contribution in [0.3, 0.4) is 0 Å². The Morgan fingerprint density at radius 2 is 2.00 bits per heavy atom. The monoisotopic (exact) mass is 436 g/mol. The van der Waals surface area contributed by atoms with Gasteiger partial charge in [-0.05, 0) is 35.6 Å². The van der Waals surface area contributed by atoms with Gasteiger partial charge in [-0.1, -0.05) is 74.8 Å². The number of carbonyl (C=O) groups excluding carboxylic acids is 1. The van der Waals surface area contributed by atoms with Gasteiger partial charge in [0.1, 0.15) is 17.7 Å². The average Bonchev–Trinajstić information content (AvgIpc) is 3.29. The Morgan fingerprint density at radius 3 is 2.74 bits per heavy atom. The van der Waals surface area contributed by atoms with E-state index in [1.807, 2.05) is 62.4 Å². The van der Waals surface area contributed by atoms with Crippen LogP contribution in [0.1, 0.15) is 33.4 Å². The van der Waals surface area contributed by atoms with E-state index in [0.29, 0.717) is 18.9 Å². The zero-order valence-electron chi connectivity index (χ0n) is 18.4. The van der Waals surface area contributed by atoms with E-state index in [0.717, 1.165) is 15.6 Å². The van der Waals surface area contributed by atoms with Gasteiger partial charge >= 0.3 is 5.97 Å². The summed E-state index contributed by atoms with van der Waals surface area (Å²) in [5.41, 5.74) is 0.636. The Morgan fingerprint density at radius 1 is 1.23 bits per heavy atom. The van der Waals surface area contributed by atoms with E-state index in [-0.39, 0.29) is 23.2 Å². The SMILES string of the molecule is CC(C)CO/N=C/C1C(C(=O)OC#CCc2cccc(Sc3ccccc3)n2)C1(C)C. The summed E-state index contributed by atoms with van der Waals surface area (Å²) >= 11 is 1.60. The van der Waals surface area contributed by atoms with Crippen molar-refractivity contribution in [3.63, 3.8) is 0 Å². The van der Waals surface area contributed by atoms with Gasteiger partial charge in [0, 0.05) is 17.0 Å². The lowest BCUT2D eigenvalue weighted by molar-refractivity contribution is -0.139. The molecule has 0 spiro atoms. The Balaban J connectivity index is 1.49. The van der Waals surface area contributed by atoms with Crippen molar-refractivity contribution in [1.82, 2.24) is 4.98 Å². The molecule has 1 fully saturated rings. The van der Waals surface area contributed by atoms with Crippen molar-refractivity contribution in [3.05, 3.63) is 54.2 Å². The number of oxime groups is 1. The van der Waals surface area contributed by atoms with Crippen LogP contribution in [0.25, 0.3) is 0 Å². The highest BCUT2D eigenvalue weighted by Crippen LogP contribution is 2.57. The fourth-order valence-electron chi connectivity index (χ4n) is 3.21. The first-order valence-electron chi connectivity index (χ1n) is 10.4. The third kappa shape index (κ3) is 6.60. The number of benzene rings is 1. The molecule has 1 saturated carbocycles. The number of ether oxygens (including phenoxy) is 1. The molecule has 1 heterocycles. The minimum absolute atomic E-state index is 0.00215. The molecule has 31 heavy (non-hydrogen) atoms. The first-order valence-corrected chi connectivity index (χ1v) is 11.2. The molecule has 0 saturated heterocycles. The van der Waals surface area contributed by atoms with E-state index in [4.69, 9.17) is 9.57 Å². The highest BCUT2D eigenvalue weighted by Gasteiger charge is 2.62. The number of rotatable bonds is 8. The molecule has 162 valence electrons. The summed E-state index contributed by atoms with van der Waals surface area (Å²) in [6, 6.07) is 15.9. The molecule has 5 nitrogen and oxygen atoms in total. The summed E-state index contributed by atoms with van der Waals surface area (Å²) < 4.78 is 5.19. The van der Waals surface area contributed by atoms with Crippen LogP contribution in [-0.4, -0.2) is 23.8 Å². The third-order valence-electron chi connectivity index (χ3n) is 5.11. The van der Waals surface area contributed by atoms with E-state index in [9.17, 15) is 4.79 Å². The van der Waals surface area contributed by atoms with Gasteiger partial charge in [-0.15, -0.1) is 0 Å². The summed E-state index contributed by atoms with van der Waals surface area (Å²) in [5, 5.41) is 4.90. The quantitative estimate of drug-likeness (QED) is 0.246. The molecular formula is C25H28N2O3S. The maximum atomic E-state index is 12.4. The van der Waals surface area contributed by atoms with Crippen LogP contribution in [0, 0.1) is 35.2 Å². The van der Waals surface area contributed by atoms with E-state index >= 15 is 0 Å². The van der Waals surface area contributed by atoms with Crippen molar-refractivity contribution in [2.24, 2.45) is 28.3 Å². The largest absolute Gasteiger partial charge is 0.396 e. The molecule has 1 aliphatic rings. The van der Waals surface area contributed by atoms with Gasteiger partial charge < -0.3 is 9.57 Å². The zero-order chi connectivity index (χ0) is 22.3. The minimum Gasteiger partial charge on any atom is -0.396 e. The Hall–Kier alpha value is -2.78. The van der Waals surface area contributed by atoms with Crippen molar-refractivity contribution >= 4 is 23.9 Å². The van der Waals surface area contributed by atoms with Crippen LogP contribution >= 0.6 is 11.8 Å². The summed E-state index contributed by atoms with van der Waals surface area (Å²) in [7, 11) is 0. The van der Waals surface area contributed by atoms with E-state index in [2.05, 4.69) is 36.0 Å². The van der Waals surface area contributed by atoms with Crippen molar-refractivity contribution in [1.29, 1.82) is 0 Å². The fraction of sp³-hybridized carbons (Fsp3) is 0.400. The second-order valence-corrected chi connectivity index (χ2v) is 9.62. The molecule has 2 unspecified atom stereocenters. The first-order chi connectivity index (χ1) is 14.9. The standard InChI is InChI=1S/C25H28N2O3S/c1-18(2)17-30-26-16-21-23(25(21,3)4)24(28)29-15-9-11-19-10-8-14-22(27-19)31-20-12-6-5-7-13-20/h5-8,10,12-14,16,18,21,23H,11,17H2,1-4H3/b26-16+. The summed E-state index contributed by atoms with van der Waals surface area (Å²) in [6.07, 6.45) is 4.67. The van der Waals surface area contributed by atoms with Gasteiger partial charge in [0.25, 0.3) is 0 Å². The predicted octanol–water partition coefficient (Wildman–Crippen LogP) is 5.21. The smallest absolute Gasteiger partial charge is 0.324 e. The molecule has 0 amide bonds. The van der Waals surface area contributed by atoms with Crippen LogP contribution in [0.2, 0.25) is 0 Å². The number of aromatic nitrogens is 1.